The Balaban J connectivity index is 1.99. The van der Waals surface area contributed by atoms with Crippen molar-refractivity contribution in [1.29, 1.82) is 0 Å². The third-order valence-electron chi connectivity index (χ3n) is 3.42. The van der Waals surface area contributed by atoms with Crippen LogP contribution >= 0.6 is 46.6 Å². The standard InChI is InChI=1S/C15H16Cl3N3O2S/c1-3-21(4-2)15-20-14(23)12(24-15)7-13(22)19-11-6-9(17)8(16)5-10(11)18/h5-6,12H,3-4,7H2,1-2H3,(H,19,22). The van der Waals surface area contributed by atoms with Crippen molar-refractivity contribution < 1.29 is 9.59 Å². The molecule has 5 nitrogen and oxygen atoms in total. The number of hydrogen-bond donors (Lipinski definition) is 1. The van der Waals surface area contributed by atoms with Gasteiger partial charge in [0.15, 0.2) is 5.17 Å². The van der Waals surface area contributed by atoms with Crippen LogP contribution in [0, 0.1) is 0 Å². The van der Waals surface area contributed by atoms with Crippen LogP contribution in [0.2, 0.25) is 15.1 Å². The molecule has 24 heavy (non-hydrogen) atoms. The Kier molecular flexibility index (Phi) is 6.80. The summed E-state index contributed by atoms with van der Waals surface area (Å²) in [7, 11) is 0. The van der Waals surface area contributed by atoms with E-state index in [2.05, 4.69) is 10.3 Å². The Morgan fingerprint density at radius 2 is 1.83 bits per heavy atom. The molecule has 1 aromatic carbocycles. The summed E-state index contributed by atoms with van der Waals surface area (Å²) < 4.78 is 0. The lowest BCUT2D eigenvalue weighted by Crippen LogP contribution is -2.27. The molecule has 0 radical (unpaired) electrons. The second-order valence-electron chi connectivity index (χ2n) is 5.01. The van der Waals surface area contributed by atoms with Gasteiger partial charge < -0.3 is 10.2 Å². The first-order chi connectivity index (χ1) is 11.3. The summed E-state index contributed by atoms with van der Waals surface area (Å²) in [6.07, 6.45) is 0.00828. The van der Waals surface area contributed by atoms with Crippen LogP contribution in [0.5, 0.6) is 0 Å². The molecule has 9 heteroatoms. The maximum Gasteiger partial charge on any atom is 0.262 e. The SMILES string of the molecule is CCN(CC)C1=NC(=O)C(CC(=O)Nc2cc(Cl)c(Cl)cc2Cl)S1. The Bertz CT molecular complexity index is 693. The summed E-state index contributed by atoms with van der Waals surface area (Å²) in [5, 5.41) is 3.66. The molecule has 0 spiro atoms. The van der Waals surface area contributed by atoms with E-state index in [9.17, 15) is 9.59 Å². The monoisotopic (exact) mass is 407 g/mol. The van der Waals surface area contributed by atoms with Gasteiger partial charge in [-0.05, 0) is 26.0 Å². The number of amides is 2. The summed E-state index contributed by atoms with van der Waals surface area (Å²) in [6, 6.07) is 2.93. The highest BCUT2D eigenvalue weighted by Gasteiger charge is 2.32. The fourth-order valence-corrected chi connectivity index (χ4v) is 3.91. The van der Waals surface area contributed by atoms with Gasteiger partial charge in [-0.1, -0.05) is 46.6 Å². The van der Waals surface area contributed by atoms with Gasteiger partial charge in [0.25, 0.3) is 5.91 Å². The van der Waals surface area contributed by atoms with Gasteiger partial charge >= 0.3 is 0 Å². The Morgan fingerprint density at radius 3 is 2.46 bits per heavy atom. The lowest BCUT2D eigenvalue weighted by atomic mass is 10.2. The molecule has 1 atom stereocenters. The van der Waals surface area contributed by atoms with E-state index in [1.54, 1.807) is 0 Å². The zero-order valence-corrected chi connectivity index (χ0v) is 16.2. The van der Waals surface area contributed by atoms with E-state index in [1.807, 2.05) is 18.7 Å². The minimum Gasteiger partial charge on any atom is -0.352 e. The number of carbonyl (C=O) groups excluding carboxylic acids is 2. The van der Waals surface area contributed by atoms with Crippen LogP contribution in [0.4, 0.5) is 5.69 Å². The fraction of sp³-hybridized carbons (Fsp3) is 0.400. The largest absolute Gasteiger partial charge is 0.352 e. The average molecular weight is 409 g/mol. The van der Waals surface area contributed by atoms with E-state index in [0.717, 1.165) is 13.1 Å². The van der Waals surface area contributed by atoms with E-state index < -0.39 is 5.25 Å². The number of halogens is 3. The predicted octanol–water partition coefficient (Wildman–Crippen LogP) is 4.32. The molecule has 0 saturated heterocycles. The average Bonchev–Trinajstić information content (AvgIpc) is 2.87. The third kappa shape index (κ3) is 4.57. The molecule has 130 valence electrons. The summed E-state index contributed by atoms with van der Waals surface area (Å²) in [5.41, 5.74) is 0.358. The van der Waals surface area contributed by atoms with Crippen LogP contribution in [0.25, 0.3) is 0 Å². The second-order valence-corrected chi connectivity index (χ2v) is 7.40. The second kappa shape index (κ2) is 8.43. The van der Waals surface area contributed by atoms with Crippen molar-refractivity contribution in [3.63, 3.8) is 0 Å². The van der Waals surface area contributed by atoms with Crippen LogP contribution in [-0.2, 0) is 9.59 Å². The minimum absolute atomic E-state index is 0.00828. The highest BCUT2D eigenvalue weighted by Crippen LogP contribution is 2.33. The van der Waals surface area contributed by atoms with E-state index in [-0.39, 0.29) is 28.3 Å². The highest BCUT2D eigenvalue weighted by molar-refractivity contribution is 8.15. The molecule has 1 aliphatic heterocycles. The molecule has 0 aromatic heterocycles. The number of hydrogen-bond acceptors (Lipinski definition) is 4. The molecule has 1 aromatic rings. The topological polar surface area (TPSA) is 61.8 Å². The first kappa shape index (κ1) is 19.4. The van der Waals surface area contributed by atoms with Gasteiger partial charge in [-0.25, -0.2) is 0 Å². The van der Waals surface area contributed by atoms with Crippen LogP contribution in [0.1, 0.15) is 20.3 Å². The van der Waals surface area contributed by atoms with Gasteiger partial charge in [0.05, 0.1) is 20.8 Å². The fourth-order valence-electron chi connectivity index (χ4n) is 2.13. The molecule has 2 amide bonds. The van der Waals surface area contributed by atoms with E-state index in [4.69, 9.17) is 34.8 Å². The Labute approximate surface area is 159 Å². The molecular formula is C15H16Cl3N3O2S. The maximum absolute atomic E-state index is 12.2. The molecule has 2 rings (SSSR count). The smallest absolute Gasteiger partial charge is 0.262 e. The first-order valence-corrected chi connectivity index (χ1v) is 9.35. The van der Waals surface area contributed by atoms with Crippen molar-refractivity contribution in [3.8, 4) is 0 Å². The van der Waals surface area contributed by atoms with E-state index in [1.165, 1.54) is 23.9 Å². The number of rotatable bonds is 5. The molecule has 1 aliphatic rings. The minimum atomic E-state index is -0.526. The summed E-state index contributed by atoms with van der Waals surface area (Å²) >= 11 is 19.1. The number of carbonyl (C=O) groups is 2. The van der Waals surface area contributed by atoms with Gasteiger partial charge in [0.1, 0.15) is 5.25 Å². The van der Waals surface area contributed by atoms with Gasteiger partial charge in [-0.2, -0.15) is 4.99 Å². The third-order valence-corrected chi connectivity index (χ3v) is 5.67. The van der Waals surface area contributed by atoms with Gasteiger partial charge in [0, 0.05) is 19.5 Å². The molecule has 0 saturated carbocycles. The van der Waals surface area contributed by atoms with Crippen molar-refractivity contribution in [2.45, 2.75) is 25.5 Å². The van der Waals surface area contributed by atoms with Crippen molar-refractivity contribution >= 4 is 69.2 Å². The normalized spacial score (nSPS) is 17.0. The van der Waals surface area contributed by atoms with Crippen molar-refractivity contribution in [1.82, 2.24) is 4.90 Å². The van der Waals surface area contributed by atoms with Crippen molar-refractivity contribution in [2.24, 2.45) is 4.99 Å². The Hall–Kier alpha value is -0.950. The van der Waals surface area contributed by atoms with Crippen LogP contribution in [0.15, 0.2) is 17.1 Å². The quantitative estimate of drug-likeness (QED) is 0.737. The van der Waals surface area contributed by atoms with Crippen LogP contribution in [-0.4, -0.2) is 40.2 Å². The summed E-state index contributed by atoms with van der Waals surface area (Å²) in [5.74, 6) is -0.630. The number of anilines is 1. The van der Waals surface area contributed by atoms with Gasteiger partial charge in [0.2, 0.25) is 5.91 Å². The molecule has 1 heterocycles. The van der Waals surface area contributed by atoms with Gasteiger partial charge in [-0.3, -0.25) is 9.59 Å². The number of benzene rings is 1. The number of aliphatic imine (C=N–C) groups is 1. The molecule has 0 bridgehead atoms. The van der Waals surface area contributed by atoms with Crippen LogP contribution < -0.4 is 5.32 Å². The zero-order chi connectivity index (χ0) is 17.9. The van der Waals surface area contributed by atoms with Crippen LogP contribution in [0.3, 0.4) is 0 Å². The predicted molar refractivity (Wildman–Crippen MR) is 101 cm³/mol. The number of amidine groups is 1. The van der Waals surface area contributed by atoms with Crippen molar-refractivity contribution in [3.05, 3.63) is 27.2 Å². The molecule has 0 aliphatic carbocycles. The molecule has 0 fully saturated rings. The summed E-state index contributed by atoms with van der Waals surface area (Å²) in [6.45, 7) is 5.49. The lowest BCUT2D eigenvalue weighted by Gasteiger charge is -2.19. The number of thioether (sulfide) groups is 1. The molecular weight excluding hydrogens is 393 g/mol. The van der Waals surface area contributed by atoms with Crippen molar-refractivity contribution in [2.75, 3.05) is 18.4 Å². The van der Waals surface area contributed by atoms with Gasteiger partial charge in [-0.15, -0.1) is 0 Å². The van der Waals surface area contributed by atoms with E-state index in [0.29, 0.717) is 15.9 Å². The highest BCUT2D eigenvalue weighted by atomic mass is 35.5. The Morgan fingerprint density at radius 1 is 1.21 bits per heavy atom. The first-order valence-electron chi connectivity index (χ1n) is 7.34. The molecule has 1 N–H and O–H groups in total. The van der Waals surface area contributed by atoms with E-state index >= 15 is 0 Å². The zero-order valence-electron chi connectivity index (χ0n) is 13.1. The lowest BCUT2D eigenvalue weighted by molar-refractivity contribution is -0.121. The molecule has 1 unspecified atom stereocenters. The summed E-state index contributed by atoms with van der Waals surface area (Å²) in [4.78, 5) is 30.2. The number of nitrogens with zero attached hydrogens (tertiary/aromatic N) is 2. The number of nitrogens with one attached hydrogen (secondary N) is 1. The maximum atomic E-state index is 12.2.